The Morgan fingerprint density at radius 1 is 1.55 bits per heavy atom. The van der Waals surface area contributed by atoms with Gasteiger partial charge in [0.05, 0.1) is 10.0 Å². The van der Waals surface area contributed by atoms with Crippen LogP contribution in [0.2, 0.25) is 5.02 Å². The highest BCUT2D eigenvalue weighted by atomic mass is 79.9. The van der Waals surface area contributed by atoms with E-state index in [1.165, 1.54) is 12.1 Å². The lowest BCUT2D eigenvalue weighted by Crippen LogP contribution is -1.88. The van der Waals surface area contributed by atoms with Gasteiger partial charge in [-0.3, -0.25) is 4.79 Å². The van der Waals surface area contributed by atoms with Crippen LogP contribution in [0.15, 0.2) is 16.6 Å². The Hall–Kier alpha value is -0.410. The Bertz CT molecular complexity index is 301. The van der Waals surface area contributed by atoms with Crippen molar-refractivity contribution in [2.24, 2.45) is 0 Å². The first kappa shape index (κ1) is 8.68. The molecule has 1 aromatic carbocycles. The number of aldehydes is 1. The quantitative estimate of drug-likeness (QED) is 0.542. The summed E-state index contributed by atoms with van der Waals surface area (Å²) in [4.78, 5) is 10.2. The van der Waals surface area contributed by atoms with Crippen molar-refractivity contribution in [2.75, 3.05) is 0 Å². The van der Waals surface area contributed by atoms with Crippen LogP contribution in [0.25, 0.3) is 0 Å². The second-order valence-electron chi connectivity index (χ2n) is 1.91. The molecule has 0 unspecified atom stereocenters. The van der Waals surface area contributed by atoms with E-state index in [0.717, 1.165) is 0 Å². The molecule has 0 radical (unpaired) electrons. The Morgan fingerprint density at radius 3 is 2.73 bits per heavy atom. The first-order chi connectivity index (χ1) is 5.15. The fourth-order valence-electron chi connectivity index (χ4n) is 0.662. The molecule has 0 spiro atoms. The second kappa shape index (κ2) is 3.32. The molecule has 0 aliphatic rings. The second-order valence-corrected chi connectivity index (χ2v) is 3.20. The van der Waals surface area contributed by atoms with E-state index in [9.17, 15) is 9.18 Å². The minimum atomic E-state index is -0.579. The summed E-state index contributed by atoms with van der Waals surface area (Å²) < 4.78 is 13.0. The summed E-state index contributed by atoms with van der Waals surface area (Å²) in [5, 5.41) is 0.334. The van der Waals surface area contributed by atoms with Gasteiger partial charge in [0.1, 0.15) is 5.82 Å². The molecule has 0 amide bonds. The number of carbonyl (C=O) groups excluding carboxylic acids is 1. The van der Waals surface area contributed by atoms with Crippen LogP contribution in [0.3, 0.4) is 0 Å². The molecule has 0 saturated heterocycles. The van der Waals surface area contributed by atoms with E-state index in [-0.39, 0.29) is 10.0 Å². The highest BCUT2D eigenvalue weighted by Crippen LogP contribution is 2.22. The largest absolute Gasteiger partial charge is 0.298 e. The lowest BCUT2D eigenvalue weighted by molar-refractivity contribution is 0.111. The van der Waals surface area contributed by atoms with Crippen LogP contribution < -0.4 is 0 Å². The smallest absolute Gasteiger partial charge is 0.153 e. The first-order valence-electron chi connectivity index (χ1n) is 2.75. The highest BCUT2D eigenvalue weighted by molar-refractivity contribution is 9.10. The van der Waals surface area contributed by atoms with Crippen LogP contribution in [0.1, 0.15) is 10.4 Å². The monoisotopic (exact) mass is 236 g/mol. The summed E-state index contributed by atoms with van der Waals surface area (Å²) in [5.41, 5.74) is -0.0376. The van der Waals surface area contributed by atoms with Crippen LogP contribution in [0.5, 0.6) is 0 Å². The molecule has 0 atom stereocenters. The molecule has 1 rings (SSSR count). The zero-order chi connectivity index (χ0) is 8.43. The fraction of sp³-hybridized carbons (Fsp3) is 0. The van der Waals surface area contributed by atoms with E-state index in [2.05, 4.69) is 15.9 Å². The van der Waals surface area contributed by atoms with Gasteiger partial charge in [-0.25, -0.2) is 4.39 Å². The van der Waals surface area contributed by atoms with Crippen LogP contribution in [0.4, 0.5) is 4.39 Å². The average molecular weight is 237 g/mol. The van der Waals surface area contributed by atoms with Gasteiger partial charge in [0.25, 0.3) is 0 Å². The van der Waals surface area contributed by atoms with Gasteiger partial charge in [0.2, 0.25) is 0 Å². The minimum absolute atomic E-state index is 0.0376. The van der Waals surface area contributed by atoms with E-state index < -0.39 is 5.82 Å². The summed E-state index contributed by atoms with van der Waals surface area (Å²) in [5.74, 6) is -0.579. The zero-order valence-corrected chi connectivity index (χ0v) is 7.62. The molecule has 1 aromatic rings. The summed E-state index contributed by atoms with van der Waals surface area (Å²) in [7, 11) is 0. The molecule has 1 nitrogen and oxygen atoms in total. The number of halogens is 3. The molecular weight excluding hydrogens is 234 g/mol. The molecule has 58 valence electrons. The molecule has 0 heterocycles. The standard InChI is InChI=1S/C7H3BrClFO/c8-6-2-5(9)1-4(3-11)7(6)10/h1-3H. The molecular formula is C7H3BrClFO. The van der Waals surface area contributed by atoms with E-state index in [1.54, 1.807) is 0 Å². The van der Waals surface area contributed by atoms with Crippen LogP contribution in [-0.2, 0) is 0 Å². The van der Waals surface area contributed by atoms with Crippen molar-refractivity contribution in [3.05, 3.63) is 33.0 Å². The number of hydrogen-bond acceptors (Lipinski definition) is 1. The maximum Gasteiger partial charge on any atom is 0.153 e. The van der Waals surface area contributed by atoms with Gasteiger partial charge in [0, 0.05) is 5.02 Å². The summed E-state index contributed by atoms with van der Waals surface area (Å²) >= 11 is 8.46. The van der Waals surface area contributed by atoms with E-state index in [4.69, 9.17) is 11.6 Å². The van der Waals surface area contributed by atoms with Crippen molar-refractivity contribution in [3.8, 4) is 0 Å². The maximum atomic E-state index is 12.8. The SMILES string of the molecule is O=Cc1cc(Cl)cc(Br)c1F. The van der Waals surface area contributed by atoms with E-state index >= 15 is 0 Å². The normalized spacial score (nSPS) is 9.73. The predicted octanol–water partition coefficient (Wildman–Crippen LogP) is 3.05. The van der Waals surface area contributed by atoms with Crippen molar-refractivity contribution in [1.82, 2.24) is 0 Å². The Kier molecular flexibility index (Phi) is 2.62. The molecule has 0 saturated carbocycles. The maximum absolute atomic E-state index is 12.8. The zero-order valence-electron chi connectivity index (χ0n) is 5.27. The van der Waals surface area contributed by atoms with Crippen LogP contribution >= 0.6 is 27.5 Å². The summed E-state index contributed by atoms with van der Waals surface area (Å²) in [6.45, 7) is 0. The first-order valence-corrected chi connectivity index (χ1v) is 3.92. The Morgan fingerprint density at radius 2 is 2.18 bits per heavy atom. The van der Waals surface area contributed by atoms with Gasteiger partial charge in [-0.15, -0.1) is 0 Å². The van der Waals surface area contributed by atoms with Gasteiger partial charge >= 0.3 is 0 Å². The third-order valence-corrected chi connectivity index (χ3v) is 1.94. The molecule has 0 fully saturated rings. The number of benzene rings is 1. The van der Waals surface area contributed by atoms with Crippen LogP contribution in [0, 0.1) is 5.82 Å². The lowest BCUT2D eigenvalue weighted by atomic mass is 10.2. The van der Waals surface area contributed by atoms with Gasteiger partial charge < -0.3 is 0 Å². The number of carbonyl (C=O) groups is 1. The van der Waals surface area contributed by atoms with Crippen molar-refractivity contribution in [1.29, 1.82) is 0 Å². The molecule has 0 N–H and O–H groups in total. The minimum Gasteiger partial charge on any atom is -0.298 e. The average Bonchev–Trinajstić information content (AvgIpc) is 1.96. The number of hydrogen-bond donors (Lipinski definition) is 0. The lowest BCUT2D eigenvalue weighted by Gasteiger charge is -1.97. The number of rotatable bonds is 1. The summed E-state index contributed by atoms with van der Waals surface area (Å²) in [6, 6.07) is 2.67. The molecule has 0 aromatic heterocycles. The van der Waals surface area contributed by atoms with Crippen LogP contribution in [-0.4, -0.2) is 6.29 Å². The van der Waals surface area contributed by atoms with Crippen molar-refractivity contribution in [3.63, 3.8) is 0 Å². The van der Waals surface area contributed by atoms with Crippen molar-refractivity contribution < 1.29 is 9.18 Å². The highest BCUT2D eigenvalue weighted by Gasteiger charge is 2.06. The van der Waals surface area contributed by atoms with Gasteiger partial charge in [-0.05, 0) is 28.1 Å². The van der Waals surface area contributed by atoms with E-state index in [0.29, 0.717) is 11.3 Å². The summed E-state index contributed by atoms with van der Waals surface area (Å²) in [6.07, 6.45) is 0.423. The molecule has 11 heavy (non-hydrogen) atoms. The topological polar surface area (TPSA) is 17.1 Å². The van der Waals surface area contributed by atoms with Gasteiger partial charge in [0.15, 0.2) is 6.29 Å². The van der Waals surface area contributed by atoms with Crippen molar-refractivity contribution >= 4 is 33.8 Å². The molecule has 4 heteroatoms. The molecule has 0 aliphatic carbocycles. The van der Waals surface area contributed by atoms with Gasteiger partial charge in [-0.2, -0.15) is 0 Å². The molecule has 0 aliphatic heterocycles. The van der Waals surface area contributed by atoms with E-state index in [1.807, 2.05) is 0 Å². The predicted molar refractivity (Wildman–Crippen MR) is 44.5 cm³/mol. The third kappa shape index (κ3) is 1.79. The molecule has 0 bridgehead atoms. The Balaban J connectivity index is 3.35. The Labute approximate surface area is 76.3 Å². The third-order valence-electron chi connectivity index (χ3n) is 1.15. The van der Waals surface area contributed by atoms with Crippen molar-refractivity contribution in [2.45, 2.75) is 0 Å². The van der Waals surface area contributed by atoms with Gasteiger partial charge in [-0.1, -0.05) is 11.6 Å². The fourth-order valence-corrected chi connectivity index (χ4v) is 1.50.